The highest BCUT2D eigenvalue weighted by molar-refractivity contribution is 5.22. The van der Waals surface area contributed by atoms with Crippen molar-refractivity contribution in [3.63, 3.8) is 0 Å². The van der Waals surface area contributed by atoms with E-state index in [-0.39, 0.29) is 0 Å². The second-order valence-electron chi connectivity index (χ2n) is 2.82. The Morgan fingerprint density at radius 3 is 3.10 bits per heavy atom. The fourth-order valence-corrected chi connectivity index (χ4v) is 1.26. The quantitative estimate of drug-likeness (QED) is 0.402. The van der Waals surface area contributed by atoms with Crippen molar-refractivity contribution in [3.8, 4) is 11.8 Å². The molecule has 10 heavy (non-hydrogen) atoms. The Kier molecular flexibility index (Phi) is 2.57. The zero-order chi connectivity index (χ0) is 7.40. The number of rotatable bonds is 2. The lowest BCUT2D eigenvalue weighted by atomic mass is 9.90. The second-order valence-corrected chi connectivity index (χ2v) is 2.82. The van der Waals surface area contributed by atoms with Crippen LogP contribution in [0.2, 0.25) is 0 Å². The summed E-state index contributed by atoms with van der Waals surface area (Å²) in [5.74, 6) is 6.87. The molecule has 1 aliphatic carbocycles. The first kappa shape index (κ1) is 7.41. The molecule has 0 bridgehead atoms. The van der Waals surface area contributed by atoms with Gasteiger partial charge in [-0.05, 0) is 12.8 Å². The van der Waals surface area contributed by atoms with Crippen molar-refractivity contribution in [1.82, 2.24) is 0 Å². The minimum atomic E-state index is 0.513. The van der Waals surface area contributed by atoms with Gasteiger partial charge in [0.05, 0.1) is 0 Å². The molecule has 1 atom stereocenters. The van der Waals surface area contributed by atoms with E-state index in [2.05, 4.69) is 25.3 Å². The molecule has 0 aromatic rings. The van der Waals surface area contributed by atoms with Crippen molar-refractivity contribution >= 4 is 0 Å². The number of hydrogen-bond acceptors (Lipinski definition) is 0. The van der Waals surface area contributed by atoms with E-state index in [4.69, 9.17) is 0 Å². The van der Waals surface area contributed by atoms with E-state index < -0.39 is 0 Å². The zero-order valence-corrected chi connectivity index (χ0v) is 6.61. The molecule has 0 heterocycles. The molecule has 0 heteroatoms. The van der Waals surface area contributed by atoms with Crippen molar-refractivity contribution < 1.29 is 0 Å². The van der Waals surface area contributed by atoms with Gasteiger partial charge in [-0.1, -0.05) is 31.4 Å². The van der Waals surface area contributed by atoms with E-state index in [0.29, 0.717) is 5.92 Å². The van der Waals surface area contributed by atoms with Crippen LogP contribution < -0.4 is 0 Å². The molecule has 0 aromatic heterocycles. The van der Waals surface area contributed by atoms with Gasteiger partial charge in [0.15, 0.2) is 0 Å². The molecule has 0 saturated carbocycles. The molecule has 1 unspecified atom stereocenters. The van der Waals surface area contributed by atoms with Crippen molar-refractivity contribution in [2.24, 2.45) is 5.92 Å². The standard InChI is InChI=1S/C10H14/c1-3-6-10-8-5-4-7-9(10)2/h10H,2-4,6-7H2,1H3. The van der Waals surface area contributed by atoms with Gasteiger partial charge in [0.1, 0.15) is 0 Å². The summed E-state index contributed by atoms with van der Waals surface area (Å²) in [7, 11) is 0. The van der Waals surface area contributed by atoms with Crippen LogP contribution in [0.4, 0.5) is 0 Å². The molecule has 0 spiro atoms. The van der Waals surface area contributed by atoms with E-state index in [1.165, 1.54) is 18.4 Å². The number of hydrogen-bond donors (Lipinski definition) is 0. The van der Waals surface area contributed by atoms with Crippen LogP contribution in [-0.4, -0.2) is 0 Å². The Hall–Kier alpha value is -0.700. The van der Waals surface area contributed by atoms with E-state index in [0.717, 1.165) is 12.8 Å². The Labute approximate surface area is 63.3 Å². The van der Waals surface area contributed by atoms with Crippen LogP contribution in [0.25, 0.3) is 0 Å². The van der Waals surface area contributed by atoms with Crippen molar-refractivity contribution in [2.45, 2.75) is 32.6 Å². The molecule has 54 valence electrons. The monoisotopic (exact) mass is 134 g/mol. The van der Waals surface area contributed by atoms with Gasteiger partial charge in [-0.3, -0.25) is 0 Å². The molecule has 0 amide bonds. The summed E-state index contributed by atoms with van der Waals surface area (Å²) < 4.78 is 0. The first-order chi connectivity index (χ1) is 4.84. The fraction of sp³-hybridized carbons (Fsp3) is 0.600. The van der Waals surface area contributed by atoms with Crippen LogP contribution in [0.1, 0.15) is 32.6 Å². The molecular formula is C10H14. The summed E-state index contributed by atoms with van der Waals surface area (Å²) in [4.78, 5) is 0. The van der Waals surface area contributed by atoms with Gasteiger partial charge in [0.2, 0.25) is 0 Å². The number of allylic oxidation sites excluding steroid dienone is 1. The van der Waals surface area contributed by atoms with Crippen LogP contribution in [0, 0.1) is 17.8 Å². The third kappa shape index (κ3) is 1.64. The zero-order valence-electron chi connectivity index (χ0n) is 6.61. The maximum absolute atomic E-state index is 4.01. The van der Waals surface area contributed by atoms with E-state index in [9.17, 15) is 0 Å². The van der Waals surface area contributed by atoms with E-state index in [1.54, 1.807) is 0 Å². The predicted molar refractivity (Wildman–Crippen MR) is 44.5 cm³/mol. The van der Waals surface area contributed by atoms with Crippen molar-refractivity contribution in [2.75, 3.05) is 0 Å². The highest BCUT2D eigenvalue weighted by Crippen LogP contribution is 2.21. The minimum Gasteiger partial charge on any atom is -0.102 e. The summed E-state index contributed by atoms with van der Waals surface area (Å²) >= 11 is 0. The molecule has 1 aliphatic rings. The van der Waals surface area contributed by atoms with Crippen molar-refractivity contribution in [1.29, 1.82) is 0 Å². The Balaban J connectivity index is 2.52. The van der Waals surface area contributed by atoms with Crippen LogP contribution in [-0.2, 0) is 0 Å². The fourth-order valence-electron chi connectivity index (χ4n) is 1.26. The summed E-state index contributed by atoms with van der Waals surface area (Å²) in [5.41, 5.74) is 1.35. The summed E-state index contributed by atoms with van der Waals surface area (Å²) in [5, 5.41) is 0. The lowest BCUT2D eigenvalue weighted by Gasteiger charge is -2.14. The lowest BCUT2D eigenvalue weighted by molar-refractivity contribution is 0.642. The maximum Gasteiger partial charge on any atom is 0.0409 e. The second kappa shape index (κ2) is 3.46. The molecule has 0 radical (unpaired) electrons. The Morgan fingerprint density at radius 1 is 1.70 bits per heavy atom. The van der Waals surface area contributed by atoms with Gasteiger partial charge in [-0.15, -0.1) is 5.92 Å². The topological polar surface area (TPSA) is 0 Å². The third-order valence-corrected chi connectivity index (χ3v) is 1.92. The van der Waals surface area contributed by atoms with Crippen molar-refractivity contribution in [3.05, 3.63) is 12.2 Å². The summed E-state index contributed by atoms with van der Waals surface area (Å²) in [6.07, 6.45) is 4.57. The summed E-state index contributed by atoms with van der Waals surface area (Å²) in [6, 6.07) is 0. The normalized spacial score (nSPS) is 23.7. The minimum absolute atomic E-state index is 0.513. The summed E-state index contributed by atoms with van der Waals surface area (Å²) in [6.45, 7) is 6.21. The largest absolute Gasteiger partial charge is 0.102 e. The molecule has 0 aliphatic heterocycles. The molecule has 0 saturated heterocycles. The van der Waals surface area contributed by atoms with E-state index in [1.807, 2.05) is 0 Å². The van der Waals surface area contributed by atoms with Crippen LogP contribution in [0.3, 0.4) is 0 Å². The van der Waals surface area contributed by atoms with Gasteiger partial charge >= 0.3 is 0 Å². The molecule has 0 fully saturated rings. The third-order valence-electron chi connectivity index (χ3n) is 1.92. The molecule has 0 aromatic carbocycles. The molecule has 1 rings (SSSR count). The van der Waals surface area contributed by atoms with Gasteiger partial charge in [-0.25, -0.2) is 0 Å². The predicted octanol–water partition coefficient (Wildman–Crippen LogP) is 2.76. The van der Waals surface area contributed by atoms with Crippen LogP contribution >= 0.6 is 0 Å². The van der Waals surface area contributed by atoms with Crippen LogP contribution in [0.5, 0.6) is 0 Å². The lowest BCUT2D eigenvalue weighted by Crippen LogP contribution is -2.03. The van der Waals surface area contributed by atoms with Gasteiger partial charge in [0.25, 0.3) is 0 Å². The molecule has 0 nitrogen and oxygen atoms in total. The first-order valence-corrected chi connectivity index (χ1v) is 4.00. The average Bonchev–Trinajstić information content (AvgIpc) is 1.94. The average molecular weight is 134 g/mol. The van der Waals surface area contributed by atoms with E-state index >= 15 is 0 Å². The first-order valence-electron chi connectivity index (χ1n) is 4.00. The van der Waals surface area contributed by atoms with Gasteiger partial charge in [-0.2, -0.15) is 0 Å². The maximum atomic E-state index is 4.01. The van der Waals surface area contributed by atoms with Gasteiger partial charge in [0, 0.05) is 12.3 Å². The SMILES string of the molecule is C=C1CCC#CC1CCC. The van der Waals surface area contributed by atoms with Crippen LogP contribution in [0.15, 0.2) is 12.2 Å². The Bertz CT molecular complexity index is 178. The highest BCUT2D eigenvalue weighted by atomic mass is 14.1. The molecule has 0 N–H and O–H groups in total. The molecular weight excluding hydrogens is 120 g/mol. The smallest absolute Gasteiger partial charge is 0.0409 e. The Morgan fingerprint density at radius 2 is 2.50 bits per heavy atom. The highest BCUT2D eigenvalue weighted by Gasteiger charge is 2.10. The van der Waals surface area contributed by atoms with Gasteiger partial charge < -0.3 is 0 Å².